The summed E-state index contributed by atoms with van der Waals surface area (Å²) < 4.78 is 7.17. The molecule has 0 fully saturated rings. The average molecular weight is 490 g/mol. The SMILES string of the molecule is COc1ccc(-n2c([O-])c(C=NCC[N+](C)(C)C)c(=O)[nH]c2=S)cc1.I. The predicted octanol–water partition coefficient (Wildman–Crippen LogP) is 1.72. The number of hydrogen-bond acceptors (Lipinski definition) is 5. The number of nitrogens with zero attached hydrogens (tertiary/aromatic N) is 3. The molecule has 0 bridgehead atoms. The Balaban J connectivity index is 0.00000338. The third-order valence-corrected chi connectivity index (χ3v) is 3.84. The zero-order valence-corrected chi connectivity index (χ0v) is 18.3. The normalized spacial score (nSPS) is 11.4. The van der Waals surface area contributed by atoms with E-state index in [1.165, 1.54) is 10.8 Å². The van der Waals surface area contributed by atoms with Crippen molar-refractivity contribution in [2.75, 3.05) is 41.3 Å². The second kappa shape index (κ2) is 9.28. The van der Waals surface area contributed by atoms with Gasteiger partial charge in [-0.2, -0.15) is 0 Å². The third-order valence-electron chi connectivity index (χ3n) is 3.55. The first-order valence-electron chi connectivity index (χ1n) is 7.74. The van der Waals surface area contributed by atoms with E-state index in [1.807, 2.05) is 21.1 Å². The highest BCUT2D eigenvalue weighted by Crippen LogP contribution is 2.19. The number of aromatic amines is 1. The lowest BCUT2D eigenvalue weighted by molar-refractivity contribution is -0.868. The Morgan fingerprint density at radius 3 is 2.46 bits per heavy atom. The Kier molecular flexibility index (Phi) is 7.97. The van der Waals surface area contributed by atoms with Crippen molar-refractivity contribution < 1.29 is 14.3 Å². The number of aliphatic imine (C=N–C) groups is 1. The maximum Gasteiger partial charge on any atom is 0.259 e. The molecule has 0 spiro atoms. The van der Waals surface area contributed by atoms with Gasteiger partial charge in [-0.05, 0) is 42.4 Å². The van der Waals surface area contributed by atoms with Crippen LogP contribution in [-0.4, -0.2) is 61.6 Å². The molecule has 1 heterocycles. The fourth-order valence-corrected chi connectivity index (χ4v) is 2.40. The molecule has 0 amide bonds. The first-order chi connectivity index (χ1) is 11.7. The van der Waals surface area contributed by atoms with Crippen molar-refractivity contribution in [3.8, 4) is 17.3 Å². The Bertz CT molecular complexity index is 883. The van der Waals surface area contributed by atoms with Crippen molar-refractivity contribution in [2.24, 2.45) is 4.99 Å². The topological polar surface area (TPSA) is 82.4 Å². The summed E-state index contributed by atoms with van der Waals surface area (Å²) in [7, 11) is 7.70. The number of likely N-dealkylation sites (N-methyl/N-ethyl adjacent to an activating group) is 1. The lowest BCUT2D eigenvalue weighted by Crippen LogP contribution is -2.36. The molecule has 0 saturated carbocycles. The summed E-state index contributed by atoms with van der Waals surface area (Å²) in [6, 6.07) is 6.84. The quantitative estimate of drug-likeness (QED) is 0.290. The first kappa shape index (κ1) is 22.3. The highest BCUT2D eigenvalue weighted by Gasteiger charge is 2.08. The van der Waals surface area contributed by atoms with Gasteiger partial charge in [-0.1, -0.05) is 0 Å². The van der Waals surface area contributed by atoms with Crippen LogP contribution in [0.4, 0.5) is 0 Å². The highest BCUT2D eigenvalue weighted by atomic mass is 127. The summed E-state index contributed by atoms with van der Waals surface area (Å²) in [5.74, 6) is 0.169. The molecule has 1 N–H and O–H groups in total. The van der Waals surface area contributed by atoms with Crippen LogP contribution in [0.1, 0.15) is 5.56 Å². The van der Waals surface area contributed by atoms with Crippen LogP contribution < -0.4 is 15.4 Å². The lowest BCUT2D eigenvalue weighted by Gasteiger charge is -2.22. The smallest absolute Gasteiger partial charge is 0.259 e. The standard InChI is InChI=1S/C17H22N4O3S.HI/c1-21(2,3)10-9-18-11-14-15(22)19-17(25)20(16(14)23)12-5-7-13(24-4)8-6-12;/h5-8,11H,9-10H2,1-4H3,(H-,18,19,22,23,25);1H. The van der Waals surface area contributed by atoms with Gasteiger partial charge in [0, 0.05) is 11.9 Å². The van der Waals surface area contributed by atoms with Crippen LogP contribution >= 0.6 is 36.2 Å². The van der Waals surface area contributed by atoms with Crippen LogP contribution in [0.2, 0.25) is 0 Å². The molecule has 0 radical (unpaired) electrons. The maximum atomic E-state index is 12.7. The van der Waals surface area contributed by atoms with Gasteiger partial charge in [-0.15, -0.1) is 24.0 Å². The summed E-state index contributed by atoms with van der Waals surface area (Å²) in [5.41, 5.74) is -0.0207. The van der Waals surface area contributed by atoms with Crippen LogP contribution in [0.5, 0.6) is 11.6 Å². The molecule has 2 rings (SSSR count). The van der Waals surface area contributed by atoms with Crippen molar-refractivity contribution in [3.05, 3.63) is 45.0 Å². The van der Waals surface area contributed by atoms with Gasteiger partial charge in [0.1, 0.15) is 5.75 Å². The van der Waals surface area contributed by atoms with Gasteiger partial charge in [0.25, 0.3) is 5.56 Å². The van der Waals surface area contributed by atoms with Crippen LogP contribution in [0, 0.1) is 4.77 Å². The minimum absolute atomic E-state index is 0. The number of ether oxygens (including phenoxy) is 1. The monoisotopic (exact) mass is 490 g/mol. The van der Waals surface area contributed by atoms with Gasteiger partial charge in [-0.25, -0.2) is 0 Å². The summed E-state index contributed by atoms with van der Waals surface area (Å²) in [4.78, 5) is 18.8. The summed E-state index contributed by atoms with van der Waals surface area (Å²) in [6.45, 7) is 1.31. The van der Waals surface area contributed by atoms with E-state index < -0.39 is 11.4 Å². The van der Waals surface area contributed by atoms with Gasteiger partial charge < -0.3 is 18.9 Å². The van der Waals surface area contributed by atoms with Crippen molar-refractivity contribution in [2.45, 2.75) is 0 Å². The maximum absolute atomic E-state index is 12.7. The molecule has 0 unspecified atom stereocenters. The summed E-state index contributed by atoms with van der Waals surface area (Å²) in [6.07, 6.45) is 1.33. The zero-order valence-electron chi connectivity index (χ0n) is 15.2. The number of rotatable bonds is 6. The number of halogens is 1. The highest BCUT2D eigenvalue weighted by molar-refractivity contribution is 14.0. The third kappa shape index (κ3) is 5.64. The Labute approximate surface area is 174 Å². The Morgan fingerprint density at radius 1 is 1.31 bits per heavy atom. The fraction of sp³-hybridized carbons (Fsp3) is 0.353. The van der Waals surface area contributed by atoms with Crippen LogP contribution in [-0.2, 0) is 0 Å². The van der Waals surface area contributed by atoms with Crippen LogP contribution in [0.15, 0.2) is 34.1 Å². The van der Waals surface area contributed by atoms with Crippen LogP contribution in [0.3, 0.4) is 0 Å². The number of H-pyrrole nitrogens is 1. The van der Waals surface area contributed by atoms with Crippen molar-refractivity contribution in [1.82, 2.24) is 9.55 Å². The molecule has 1 aromatic carbocycles. The van der Waals surface area contributed by atoms with E-state index >= 15 is 0 Å². The molecule has 1 aromatic heterocycles. The number of quaternary nitrogens is 1. The number of hydrogen-bond donors (Lipinski definition) is 1. The number of methoxy groups -OCH3 is 1. The Hall–Kier alpha value is -1.72. The van der Waals surface area contributed by atoms with Crippen molar-refractivity contribution >= 4 is 42.4 Å². The molecule has 0 aliphatic rings. The van der Waals surface area contributed by atoms with Crippen molar-refractivity contribution in [1.29, 1.82) is 0 Å². The largest absolute Gasteiger partial charge is 0.859 e. The molecule has 0 atom stereocenters. The van der Waals surface area contributed by atoms with Crippen molar-refractivity contribution in [3.63, 3.8) is 0 Å². The second-order valence-corrected chi connectivity index (χ2v) is 6.95. The first-order valence-corrected chi connectivity index (χ1v) is 8.15. The molecule has 9 heteroatoms. The van der Waals surface area contributed by atoms with Crippen LogP contribution in [0.25, 0.3) is 5.69 Å². The molecular weight excluding hydrogens is 467 g/mol. The molecule has 0 saturated heterocycles. The van der Waals surface area contributed by atoms with E-state index in [9.17, 15) is 9.90 Å². The van der Waals surface area contributed by atoms with Gasteiger partial charge in [0.05, 0.1) is 46.9 Å². The van der Waals surface area contributed by atoms with E-state index in [0.29, 0.717) is 18.0 Å². The summed E-state index contributed by atoms with van der Waals surface area (Å²) >= 11 is 5.14. The molecule has 0 aliphatic carbocycles. The molecular formula is C17H23IN4O3S. The zero-order chi connectivity index (χ0) is 18.6. The van der Waals surface area contributed by atoms with E-state index in [0.717, 1.165) is 11.0 Å². The molecule has 0 aliphatic heterocycles. The minimum atomic E-state index is -0.534. The number of aromatic nitrogens is 2. The van der Waals surface area contributed by atoms with Gasteiger partial charge in [0.2, 0.25) is 0 Å². The van der Waals surface area contributed by atoms with Gasteiger partial charge >= 0.3 is 0 Å². The average Bonchev–Trinajstić information content (AvgIpc) is 2.53. The van der Waals surface area contributed by atoms with E-state index in [4.69, 9.17) is 17.0 Å². The minimum Gasteiger partial charge on any atom is -0.859 e. The van der Waals surface area contributed by atoms with E-state index in [1.54, 1.807) is 31.4 Å². The predicted molar refractivity (Wildman–Crippen MR) is 114 cm³/mol. The molecule has 26 heavy (non-hydrogen) atoms. The van der Waals surface area contributed by atoms with Gasteiger partial charge in [-0.3, -0.25) is 14.8 Å². The lowest BCUT2D eigenvalue weighted by atomic mass is 10.2. The number of nitrogens with one attached hydrogen (secondary N) is 1. The van der Waals surface area contributed by atoms with Gasteiger partial charge in [0.15, 0.2) is 4.77 Å². The van der Waals surface area contributed by atoms with E-state index in [-0.39, 0.29) is 34.3 Å². The second-order valence-electron chi connectivity index (χ2n) is 6.56. The molecule has 2 aromatic rings. The van der Waals surface area contributed by atoms with E-state index in [2.05, 4.69) is 9.98 Å². The summed E-state index contributed by atoms with van der Waals surface area (Å²) in [5, 5.41) is 12.7. The molecule has 7 nitrogen and oxygen atoms in total. The fourth-order valence-electron chi connectivity index (χ4n) is 2.12. The number of benzene rings is 1. The Morgan fingerprint density at radius 2 is 1.92 bits per heavy atom. The molecule has 142 valence electrons.